The number of hydrogen-bond donors (Lipinski definition) is 2. The van der Waals surface area contributed by atoms with Crippen LogP contribution in [0, 0.1) is 11.3 Å². The van der Waals surface area contributed by atoms with Gasteiger partial charge in [0.05, 0.1) is 29.1 Å². The number of rotatable bonds is 7. The molecule has 36 heavy (non-hydrogen) atoms. The summed E-state index contributed by atoms with van der Waals surface area (Å²) >= 11 is 0. The Morgan fingerprint density at radius 2 is 2.06 bits per heavy atom. The topological polar surface area (TPSA) is 122 Å². The number of carbonyl (C=O) groups excluding carboxylic acids is 1. The highest BCUT2D eigenvalue weighted by atomic mass is 19.1. The number of hydrogen-bond acceptors (Lipinski definition) is 8. The third kappa shape index (κ3) is 4.15. The number of carbonyl (C=O) groups is 1. The first-order chi connectivity index (χ1) is 17.4. The van der Waals surface area contributed by atoms with Crippen LogP contribution in [0.15, 0.2) is 24.4 Å². The van der Waals surface area contributed by atoms with Gasteiger partial charge in [0.1, 0.15) is 23.4 Å². The molecule has 10 nitrogen and oxygen atoms in total. The lowest BCUT2D eigenvalue weighted by molar-refractivity contribution is -0.108. The van der Waals surface area contributed by atoms with E-state index >= 15 is 4.39 Å². The van der Waals surface area contributed by atoms with Crippen molar-refractivity contribution in [2.24, 2.45) is 0 Å². The third-order valence-corrected chi connectivity index (χ3v) is 7.34. The number of aromatic nitrogens is 2. The van der Waals surface area contributed by atoms with Gasteiger partial charge in [-0.3, -0.25) is 10.2 Å². The number of halogens is 1. The molecule has 2 bridgehead atoms. The van der Waals surface area contributed by atoms with E-state index in [0.29, 0.717) is 22.5 Å². The Morgan fingerprint density at radius 1 is 1.28 bits per heavy atom. The summed E-state index contributed by atoms with van der Waals surface area (Å²) < 4.78 is 31.5. The second-order valence-corrected chi connectivity index (χ2v) is 9.42. The molecular formula is C25H29FN6O4. The van der Waals surface area contributed by atoms with E-state index in [1.165, 1.54) is 25.3 Å². The van der Waals surface area contributed by atoms with E-state index in [-0.39, 0.29) is 42.7 Å². The van der Waals surface area contributed by atoms with Crippen LogP contribution in [0.5, 0.6) is 0 Å². The second kappa shape index (κ2) is 9.61. The molecule has 0 radical (unpaired) electrons. The minimum Gasteiger partial charge on any atom is -0.379 e. The number of methoxy groups -OCH3 is 3. The Kier molecular flexibility index (Phi) is 6.51. The average molecular weight is 497 g/mol. The van der Waals surface area contributed by atoms with Gasteiger partial charge in [0.15, 0.2) is 0 Å². The maximum absolute atomic E-state index is 15.4. The van der Waals surface area contributed by atoms with E-state index in [0.717, 1.165) is 19.3 Å². The molecule has 2 aromatic heterocycles. The molecule has 2 fully saturated rings. The number of urea groups is 1. The first-order valence-electron chi connectivity index (χ1n) is 12.0. The molecule has 2 saturated carbocycles. The Morgan fingerprint density at radius 3 is 2.75 bits per heavy atom. The van der Waals surface area contributed by atoms with Crippen molar-refractivity contribution >= 4 is 23.4 Å². The van der Waals surface area contributed by atoms with E-state index in [1.807, 2.05) is 0 Å². The molecule has 2 aliphatic heterocycles. The lowest BCUT2D eigenvalue weighted by atomic mass is 9.69. The largest absolute Gasteiger partial charge is 0.379 e. The van der Waals surface area contributed by atoms with Gasteiger partial charge < -0.3 is 19.5 Å². The molecule has 4 aliphatic rings. The van der Waals surface area contributed by atoms with Gasteiger partial charge in [0.2, 0.25) is 6.29 Å². The molecular weight excluding hydrogens is 467 g/mol. The summed E-state index contributed by atoms with van der Waals surface area (Å²) in [6.07, 6.45) is 4.04. The molecule has 6 rings (SSSR count). The van der Waals surface area contributed by atoms with Crippen molar-refractivity contribution in [3.05, 3.63) is 41.2 Å². The van der Waals surface area contributed by atoms with Gasteiger partial charge in [-0.05, 0) is 25.3 Å². The van der Waals surface area contributed by atoms with E-state index in [1.54, 1.807) is 25.3 Å². The lowest BCUT2D eigenvalue weighted by Gasteiger charge is -2.52. The van der Waals surface area contributed by atoms with Crippen LogP contribution in [0.25, 0.3) is 0 Å². The number of nitriles is 1. The van der Waals surface area contributed by atoms with Gasteiger partial charge >= 0.3 is 6.03 Å². The highest BCUT2D eigenvalue weighted by Crippen LogP contribution is 2.55. The molecule has 2 unspecified atom stereocenters. The summed E-state index contributed by atoms with van der Waals surface area (Å²) in [5, 5.41) is 15.7. The Balaban J connectivity index is 1.41. The Labute approximate surface area is 208 Å². The van der Waals surface area contributed by atoms with Crippen molar-refractivity contribution in [3.63, 3.8) is 0 Å². The molecule has 0 spiro atoms. The maximum atomic E-state index is 15.4. The van der Waals surface area contributed by atoms with Crippen molar-refractivity contribution in [3.8, 4) is 6.07 Å². The van der Waals surface area contributed by atoms with Crippen LogP contribution < -0.4 is 15.5 Å². The minimum absolute atomic E-state index is 0.0514. The minimum atomic E-state index is -1.50. The van der Waals surface area contributed by atoms with Crippen molar-refractivity contribution in [2.45, 2.75) is 62.3 Å². The first-order valence-corrected chi connectivity index (χ1v) is 12.0. The predicted molar refractivity (Wildman–Crippen MR) is 129 cm³/mol. The van der Waals surface area contributed by atoms with Crippen LogP contribution in [-0.2, 0) is 19.9 Å². The quantitative estimate of drug-likeness (QED) is 0.552. The molecule has 2 aromatic rings. The summed E-state index contributed by atoms with van der Waals surface area (Å²) in [6, 6.07) is 6.34. The zero-order valence-electron chi connectivity index (χ0n) is 20.5. The van der Waals surface area contributed by atoms with Crippen LogP contribution in [0.4, 0.5) is 26.5 Å². The zero-order valence-corrected chi connectivity index (χ0v) is 20.5. The summed E-state index contributed by atoms with van der Waals surface area (Å²) in [6.45, 7) is 0. The van der Waals surface area contributed by atoms with Gasteiger partial charge in [-0.2, -0.15) is 5.26 Å². The highest BCUT2D eigenvalue weighted by molar-refractivity contribution is 6.02. The van der Waals surface area contributed by atoms with Crippen LogP contribution in [0.2, 0.25) is 0 Å². The normalized spacial score (nSPS) is 26.2. The van der Waals surface area contributed by atoms with Crippen LogP contribution in [0.1, 0.15) is 55.2 Å². The molecule has 4 heterocycles. The number of ether oxygens (including phenoxy) is 3. The molecule has 0 saturated heterocycles. The summed E-state index contributed by atoms with van der Waals surface area (Å²) in [7, 11) is 4.64. The van der Waals surface area contributed by atoms with Crippen LogP contribution >= 0.6 is 0 Å². The van der Waals surface area contributed by atoms with Crippen molar-refractivity contribution in [1.29, 1.82) is 5.26 Å². The fraction of sp³-hybridized carbons (Fsp3) is 0.520. The lowest BCUT2D eigenvalue weighted by Crippen LogP contribution is -2.60. The highest BCUT2D eigenvalue weighted by Gasteiger charge is 2.57. The number of pyridine rings is 2. The number of anilines is 3. The number of alkyl halides is 1. The molecule has 2 amide bonds. The van der Waals surface area contributed by atoms with Gasteiger partial charge in [-0.1, -0.05) is 6.07 Å². The smallest absolute Gasteiger partial charge is 0.328 e. The molecule has 2 N–H and O–H groups in total. The molecule has 0 aromatic carbocycles. The SMILES string of the molecule is COC(OC)c1ccc2c(n1)N(C(=O)Nc1cc(NC3CCCC3OC)c(C#N)cn1)C1CC2(F)C1. The van der Waals surface area contributed by atoms with E-state index in [2.05, 4.69) is 26.7 Å². The van der Waals surface area contributed by atoms with Crippen LogP contribution in [-0.4, -0.2) is 55.5 Å². The van der Waals surface area contributed by atoms with Crippen molar-refractivity contribution < 1.29 is 23.4 Å². The Hall–Kier alpha value is -3.33. The van der Waals surface area contributed by atoms with Gasteiger partial charge in [0, 0.05) is 58.0 Å². The number of nitrogens with zero attached hydrogens (tertiary/aromatic N) is 4. The zero-order chi connectivity index (χ0) is 25.4. The van der Waals surface area contributed by atoms with Gasteiger partial charge in [-0.25, -0.2) is 19.2 Å². The molecule has 2 atom stereocenters. The number of nitrogens with one attached hydrogen (secondary N) is 2. The fourth-order valence-electron chi connectivity index (χ4n) is 5.47. The van der Waals surface area contributed by atoms with Gasteiger partial charge in [-0.15, -0.1) is 0 Å². The van der Waals surface area contributed by atoms with Crippen molar-refractivity contribution in [2.75, 3.05) is 36.9 Å². The Bertz CT molecular complexity index is 1190. The third-order valence-electron chi connectivity index (χ3n) is 7.34. The van der Waals surface area contributed by atoms with Crippen LogP contribution in [0.3, 0.4) is 0 Å². The summed E-state index contributed by atoms with van der Waals surface area (Å²) in [5.41, 5.74) is 0.257. The molecule has 2 aliphatic carbocycles. The first kappa shape index (κ1) is 24.4. The van der Waals surface area contributed by atoms with Gasteiger partial charge in [0.25, 0.3) is 0 Å². The second-order valence-electron chi connectivity index (χ2n) is 9.42. The van der Waals surface area contributed by atoms with Crippen molar-refractivity contribution in [1.82, 2.24) is 9.97 Å². The predicted octanol–water partition coefficient (Wildman–Crippen LogP) is 4.00. The summed E-state index contributed by atoms with van der Waals surface area (Å²) in [5.74, 6) is 0.518. The van der Waals surface area contributed by atoms with E-state index in [9.17, 15) is 10.1 Å². The standard InChI is InChI=1S/C25H29FN6O4/c1-34-20-6-4-5-17(20)29-19-9-21(28-13-14(19)12-27)31-24(33)32-15-10-25(26,11-15)16-7-8-18(30-22(16)32)23(35-2)36-3/h7-9,13,15,17,20,23H,4-6,10-11H2,1-3H3,(H2,28,29,31,33). The molecule has 190 valence electrons. The fourth-order valence-corrected chi connectivity index (χ4v) is 5.47. The number of amides is 2. The molecule has 11 heteroatoms. The van der Waals surface area contributed by atoms with E-state index < -0.39 is 18.0 Å². The maximum Gasteiger partial charge on any atom is 0.328 e. The average Bonchev–Trinajstić information content (AvgIpc) is 3.31. The summed E-state index contributed by atoms with van der Waals surface area (Å²) in [4.78, 5) is 23.7. The monoisotopic (exact) mass is 496 g/mol. The van der Waals surface area contributed by atoms with E-state index in [4.69, 9.17) is 14.2 Å².